The summed E-state index contributed by atoms with van der Waals surface area (Å²) in [5.41, 5.74) is 2.63. The minimum Gasteiger partial charge on any atom is -0.416 e. The van der Waals surface area contributed by atoms with E-state index in [0.717, 1.165) is 25.1 Å². The number of fused-ring (bicyclic) bond motifs is 1. The van der Waals surface area contributed by atoms with E-state index in [1.165, 1.54) is 0 Å². The molecule has 0 aromatic rings. The highest BCUT2D eigenvalue weighted by molar-refractivity contribution is 6.77. The highest BCUT2D eigenvalue weighted by atomic mass is 28.4. The first-order chi connectivity index (χ1) is 12.0. The van der Waals surface area contributed by atoms with Gasteiger partial charge < -0.3 is 14.1 Å². The Labute approximate surface area is 161 Å². The van der Waals surface area contributed by atoms with Gasteiger partial charge in [-0.05, 0) is 43.3 Å². The molecule has 1 fully saturated rings. The average molecular weight is 382 g/mol. The van der Waals surface area contributed by atoms with Crippen molar-refractivity contribution in [2.24, 2.45) is 0 Å². The predicted octanol–water partition coefficient (Wildman–Crippen LogP) is 5.25. The molecule has 0 aromatic carbocycles. The Morgan fingerprint density at radius 2 is 1.77 bits per heavy atom. The number of carbonyl (C=O) groups excluding carboxylic acids is 1. The van der Waals surface area contributed by atoms with Gasteiger partial charge in [-0.2, -0.15) is 0 Å². The maximum absolute atomic E-state index is 12.1. The lowest BCUT2D eigenvalue weighted by Crippen LogP contribution is -2.48. The van der Waals surface area contributed by atoms with E-state index in [1.54, 1.807) is 0 Å². The van der Waals surface area contributed by atoms with Crippen molar-refractivity contribution in [2.45, 2.75) is 103 Å². The number of nitrogens with zero attached hydrogens (tertiary/aromatic N) is 1. The Morgan fingerprint density at radius 3 is 2.31 bits per heavy atom. The van der Waals surface area contributed by atoms with Crippen LogP contribution in [0.15, 0.2) is 11.8 Å². The lowest BCUT2D eigenvalue weighted by Gasteiger charge is -2.42. The fraction of sp³-hybridized carbons (Fsp3) is 0.857. The van der Waals surface area contributed by atoms with E-state index in [9.17, 15) is 4.79 Å². The zero-order valence-electron chi connectivity index (χ0n) is 18.1. The van der Waals surface area contributed by atoms with Crippen molar-refractivity contribution in [3.8, 4) is 0 Å². The summed E-state index contributed by atoms with van der Waals surface area (Å²) in [6, 6.07) is 0.203. The van der Waals surface area contributed by atoms with Crippen LogP contribution in [0.4, 0.5) is 0 Å². The van der Waals surface area contributed by atoms with Crippen molar-refractivity contribution in [1.82, 2.24) is 4.90 Å². The maximum Gasteiger partial charge on any atom is 0.200 e. The van der Waals surface area contributed by atoms with Gasteiger partial charge in [0.25, 0.3) is 0 Å². The standard InChI is InChI=1S/C21H39NO3Si/c1-15(2)26(16(3)4,17(5)6)25-11-9-10-18-12-20(23)13-19-14-24-21(7,8)22(18)19/h12,15-17,19H,9-11,13-14H2,1-8H3/t19-/m1/s1. The van der Waals surface area contributed by atoms with Crippen molar-refractivity contribution < 1.29 is 14.0 Å². The molecule has 5 heteroatoms. The van der Waals surface area contributed by atoms with Gasteiger partial charge in [-0.3, -0.25) is 4.79 Å². The number of hydrogen-bond donors (Lipinski definition) is 0. The monoisotopic (exact) mass is 381 g/mol. The summed E-state index contributed by atoms with van der Waals surface area (Å²) in [4.78, 5) is 14.4. The quantitative estimate of drug-likeness (QED) is 0.425. The maximum atomic E-state index is 12.1. The van der Waals surface area contributed by atoms with Crippen molar-refractivity contribution >= 4 is 14.1 Å². The minimum atomic E-state index is -1.81. The van der Waals surface area contributed by atoms with Crippen LogP contribution in [0.3, 0.4) is 0 Å². The van der Waals surface area contributed by atoms with Crippen LogP contribution >= 0.6 is 0 Å². The third-order valence-corrected chi connectivity index (χ3v) is 12.4. The third-order valence-electron chi connectivity index (χ3n) is 6.28. The second-order valence-corrected chi connectivity index (χ2v) is 14.8. The summed E-state index contributed by atoms with van der Waals surface area (Å²) < 4.78 is 12.6. The zero-order chi connectivity index (χ0) is 19.7. The van der Waals surface area contributed by atoms with Crippen LogP contribution in [0.5, 0.6) is 0 Å². The third kappa shape index (κ3) is 4.10. The van der Waals surface area contributed by atoms with Crippen LogP contribution in [-0.2, 0) is 14.0 Å². The molecule has 4 nitrogen and oxygen atoms in total. The summed E-state index contributed by atoms with van der Waals surface area (Å²) in [6.45, 7) is 19.6. The second kappa shape index (κ2) is 8.15. The summed E-state index contributed by atoms with van der Waals surface area (Å²) in [5.74, 6) is 0.235. The van der Waals surface area contributed by atoms with Gasteiger partial charge >= 0.3 is 0 Å². The number of carbonyl (C=O) groups is 1. The van der Waals surface area contributed by atoms with Gasteiger partial charge in [0.2, 0.25) is 0 Å². The smallest absolute Gasteiger partial charge is 0.200 e. The number of ketones is 1. The Balaban J connectivity index is 2.01. The number of rotatable bonds is 8. The molecule has 26 heavy (non-hydrogen) atoms. The Bertz CT molecular complexity index is 518. The van der Waals surface area contributed by atoms with Crippen LogP contribution < -0.4 is 0 Å². The minimum absolute atomic E-state index is 0.203. The largest absolute Gasteiger partial charge is 0.416 e. The number of ether oxygens (including phenoxy) is 1. The molecular weight excluding hydrogens is 342 g/mol. The first kappa shape index (κ1) is 21.6. The van der Waals surface area contributed by atoms with Crippen molar-refractivity contribution in [3.63, 3.8) is 0 Å². The molecule has 0 N–H and O–H groups in total. The molecule has 0 spiro atoms. The topological polar surface area (TPSA) is 38.8 Å². The Hall–Kier alpha value is -0.653. The molecule has 2 heterocycles. The Morgan fingerprint density at radius 1 is 1.19 bits per heavy atom. The highest BCUT2D eigenvalue weighted by Gasteiger charge is 2.46. The van der Waals surface area contributed by atoms with Gasteiger partial charge in [-0.25, -0.2) is 0 Å². The van der Waals surface area contributed by atoms with Crippen LogP contribution in [0.2, 0.25) is 16.6 Å². The second-order valence-electron chi connectivity index (χ2n) is 9.36. The summed E-state index contributed by atoms with van der Waals surface area (Å²) in [7, 11) is -1.81. The molecule has 0 amide bonds. The highest BCUT2D eigenvalue weighted by Crippen LogP contribution is 2.42. The molecule has 0 saturated carbocycles. The lowest BCUT2D eigenvalue weighted by atomic mass is 9.99. The first-order valence-electron chi connectivity index (χ1n) is 10.3. The van der Waals surface area contributed by atoms with Crippen LogP contribution in [-0.4, -0.2) is 44.0 Å². The number of allylic oxidation sites excluding steroid dienone is 2. The molecule has 0 bridgehead atoms. The molecule has 2 aliphatic heterocycles. The molecule has 0 aliphatic carbocycles. The van der Waals surface area contributed by atoms with Crippen molar-refractivity contribution in [3.05, 3.63) is 11.8 Å². The van der Waals surface area contributed by atoms with E-state index in [2.05, 4.69) is 60.3 Å². The summed E-state index contributed by atoms with van der Waals surface area (Å²) >= 11 is 0. The van der Waals surface area contributed by atoms with Gasteiger partial charge in [0, 0.05) is 24.8 Å². The fourth-order valence-corrected chi connectivity index (χ4v) is 10.9. The molecule has 1 saturated heterocycles. The lowest BCUT2D eigenvalue weighted by molar-refractivity contribution is -0.116. The Kier molecular flexibility index (Phi) is 6.79. The molecule has 2 rings (SSSR count). The molecule has 1 atom stereocenters. The van der Waals surface area contributed by atoms with Gasteiger partial charge in [-0.1, -0.05) is 41.5 Å². The molecule has 0 aromatic heterocycles. The van der Waals surface area contributed by atoms with Crippen LogP contribution in [0.25, 0.3) is 0 Å². The molecule has 0 radical (unpaired) electrons. The van der Waals surface area contributed by atoms with Crippen LogP contribution in [0, 0.1) is 0 Å². The van der Waals surface area contributed by atoms with Gasteiger partial charge in [0.1, 0.15) is 5.72 Å². The van der Waals surface area contributed by atoms with Crippen LogP contribution in [0.1, 0.15) is 74.7 Å². The van der Waals surface area contributed by atoms with Crippen molar-refractivity contribution in [2.75, 3.05) is 13.2 Å². The SMILES string of the molecule is CC(C)[Si](OCCCC1=CC(=O)C[C@@H]2COC(C)(C)N12)(C(C)C)C(C)C. The van der Waals surface area contributed by atoms with E-state index >= 15 is 0 Å². The first-order valence-corrected chi connectivity index (χ1v) is 12.5. The molecule has 2 aliphatic rings. The molecular formula is C21H39NO3Si. The summed E-state index contributed by atoms with van der Waals surface area (Å²) in [6.07, 6.45) is 4.26. The predicted molar refractivity (Wildman–Crippen MR) is 110 cm³/mol. The van der Waals surface area contributed by atoms with E-state index in [4.69, 9.17) is 9.16 Å². The normalized spacial score (nSPS) is 23.2. The van der Waals surface area contributed by atoms with E-state index in [1.807, 2.05) is 6.08 Å². The van der Waals surface area contributed by atoms with Gasteiger partial charge in [0.15, 0.2) is 14.1 Å². The fourth-order valence-electron chi connectivity index (χ4n) is 5.36. The molecule has 150 valence electrons. The summed E-state index contributed by atoms with van der Waals surface area (Å²) in [5, 5.41) is 0. The van der Waals surface area contributed by atoms with Gasteiger partial charge in [-0.15, -0.1) is 0 Å². The van der Waals surface area contributed by atoms with E-state index < -0.39 is 8.32 Å². The van der Waals surface area contributed by atoms with Gasteiger partial charge in [0.05, 0.1) is 12.6 Å². The average Bonchev–Trinajstić information content (AvgIpc) is 2.81. The van der Waals surface area contributed by atoms with E-state index in [0.29, 0.717) is 29.7 Å². The van der Waals surface area contributed by atoms with E-state index in [-0.39, 0.29) is 17.6 Å². The van der Waals surface area contributed by atoms with Crippen molar-refractivity contribution in [1.29, 1.82) is 0 Å². The molecule has 0 unspecified atom stereocenters. The zero-order valence-corrected chi connectivity index (χ0v) is 19.1. The number of hydrogen-bond acceptors (Lipinski definition) is 4.